The fourth-order valence-corrected chi connectivity index (χ4v) is 3.40. The standard InChI is InChI=1S/C18H17ClN4O4/c1-26-15-5-4-11(7-14(15)19)23-16-13(17(24)21-18(23)25)9-22(10-20-16)8-12-3-2-6-27-12/h2-7,20H,8-10H2,1H3,(H,21,24,25). The third-order valence-electron chi connectivity index (χ3n) is 4.41. The molecule has 4 rings (SSSR count). The van der Waals surface area contributed by atoms with Crippen molar-refractivity contribution < 1.29 is 9.15 Å². The number of halogens is 1. The average Bonchev–Trinajstić information content (AvgIpc) is 3.15. The Labute approximate surface area is 158 Å². The van der Waals surface area contributed by atoms with Crippen LogP contribution in [-0.4, -0.2) is 28.2 Å². The summed E-state index contributed by atoms with van der Waals surface area (Å²) in [6, 6.07) is 8.70. The molecule has 1 aliphatic rings. The number of benzene rings is 1. The number of furan rings is 1. The van der Waals surface area contributed by atoms with Crippen molar-refractivity contribution in [3.05, 3.63) is 73.8 Å². The van der Waals surface area contributed by atoms with E-state index in [1.807, 2.05) is 17.0 Å². The number of nitrogens with zero attached hydrogens (tertiary/aromatic N) is 2. The van der Waals surface area contributed by atoms with Crippen molar-refractivity contribution in [1.29, 1.82) is 0 Å². The largest absolute Gasteiger partial charge is 0.495 e. The van der Waals surface area contributed by atoms with E-state index in [9.17, 15) is 9.59 Å². The molecule has 0 unspecified atom stereocenters. The maximum absolute atomic E-state index is 12.5. The van der Waals surface area contributed by atoms with Gasteiger partial charge in [-0.25, -0.2) is 9.36 Å². The van der Waals surface area contributed by atoms with Crippen molar-refractivity contribution in [2.24, 2.45) is 0 Å². The highest BCUT2D eigenvalue weighted by Gasteiger charge is 2.24. The van der Waals surface area contributed by atoms with Crippen LogP contribution >= 0.6 is 11.6 Å². The lowest BCUT2D eigenvalue weighted by molar-refractivity contribution is 0.241. The maximum atomic E-state index is 12.5. The molecule has 0 aliphatic carbocycles. The Bertz CT molecular complexity index is 1090. The lowest BCUT2D eigenvalue weighted by atomic mass is 10.2. The minimum absolute atomic E-state index is 0.372. The van der Waals surface area contributed by atoms with E-state index in [0.29, 0.717) is 47.6 Å². The van der Waals surface area contributed by atoms with Gasteiger partial charge in [-0.15, -0.1) is 0 Å². The normalized spacial score (nSPS) is 13.9. The Kier molecular flexibility index (Phi) is 4.51. The summed E-state index contributed by atoms with van der Waals surface area (Å²) >= 11 is 6.20. The maximum Gasteiger partial charge on any atom is 0.334 e. The molecule has 2 aromatic heterocycles. The molecular formula is C18H17ClN4O4. The Morgan fingerprint density at radius 1 is 1.30 bits per heavy atom. The molecule has 8 nitrogen and oxygen atoms in total. The van der Waals surface area contributed by atoms with Gasteiger partial charge >= 0.3 is 5.69 Å². The zero-order valence-electron chi connectivity index (χ0n) is 14.5. The number of rotatable bonds is 4. The van der Waals surface area contributed by atoms with Gasteiger partial charge in [-0.05, 0) is 30.3 Å². The molecule has 0 atom stereocenters. The number of fused-ring (bicyclic) bond motifs is 1. The first kappa shape index (κ1) is 17.4. The summed E-state index contributed by atoms with van der Waals surface area (Å²) in [7, 11) is 1.52. The zero-order chi connectivity index (χ0) is 19.0. The Morgan fingerprint density at radius 2 is 2.15 bits per heavy atom. The minimum atomic E-state index is -0.535. The molecule has 3 aromatic rings. The number of anilines is 1. The van der Waals surface area contributed by atoms with Crippen LogP contribution in [0, 0.1) is 0 Å². The molecule has 0 saturated carbocycles. The first-order valence-electron chi connectivity index (χ1n) is 8.27. The van der Waals surface area contributed by atoms with E-state index < -0.39 is 11.2 Å². The van der Waals surface area contributed by atoms with Gasteiger partial charge in [-0.1, -0.05) is 11.6 Å². The quantitative estimate of drug-likeness (QED) is 0.711. The van der Waals surface area contributed by atoms with Crippen molar-refractivity contribution in [2.75, 3.05) is 19.1 Å². The first-order chi connectivity index (χ1) is 13.1. The Morgan fingerprint density at radius 3 is 2.85 bits per heavy atom. The molecule has 27 heavy (non-hydrogen) atoms. The number of nitrogens with one attached hydrogen (secondary N) is 2. The molecule has 0 bridgehead atoms. The van der Waals surface area contributed by atoms with Gasteiger partial charge in [0.25, 0.3) is 5.56 Å². The first-order valence-corrected chi connectivity index (χ1v) is 8.65. The van der Waals surface area contributed by atoms with Crippen LogP contribution in [0.3, 0.4) is 0 Å². The second-order valence-electron chi connectivity index (χ2n) is 6.14. The smallest absolute Gasteiger partial charge is 0.334 e. The number of hydrogen-bond donors (Lipinski definition) is 2. The van der Waals surface area contributed by atoms with Crippen LogP contribution < -0.4 is 21.3 Å². The van der Waals surface area contributed by atoms with Crippen LogP contribution in [0.4, 0.5) is 5.82 Å². The van der Waals surface area contributed by atoms with E-state index in [4.69, 9.17) is 20.8 Å². The summed E-state index contributed by atoms with van der Waals surface area (Å²) < 4.78 is 11.9. The predicted molar refractivity (Wildman–Crippen MR) is 101 cm³/mol. The van der Waals surface area contributed by atoms with Gasteiger partial charge in [-0.3, -0.25) is 14.7 Å². The van der Waals surface area contributed by atoms with E-state index in [1.165, 1.54) is 11.7 Å². The summed E-state index contributed by atoms with van der Waals surface area (Å²) in [6.45, 7) is 1.38. The number of methoxy groups -OCH3 is 1. The van der Waals surface area contributed by atoms with Gasteiger partial charge in [0.15, 0.2) is 0 Å². The lowest BCUT2D eigenvalue weighted by Gasteiger charge is -2.30. The van der Waals surface area contributed by atoms with Crippen molar-refractivity contribution >= 4 is 17.4 Å². The molecule has 140 valence electrons. The molecule has 0 fully saturated rings. The molecule has 1 aliphatic heterocycles. The van der Waals surface area contributed by atoms with Crippen LogP contribution in [0.5, 0.6) is 5.75 Å². The highest BCUT2D eigenvalue weighted by molar-refractivity contribution is 6.32. The number of aromatic nitrogens is 2. The van der Waals surface area contributed by atoms with Gasteiger partial charge in [0, 0.05) is 6.54 Å². The van der Waals surface area contributed by atoms with Crippen molar-refractivity contribution in [3.63, 3.8) is 0 Å². The van der Waals surface area contributed by atoms with Gasteiger partial charge in [0.2, 0.25) is 0 Å². The zero-order valence-corrected chi connectivity index (χ0v) is 15.2. The third-order valence-corrected chi connectivity index (χ3v) is 4.71. The molecule has 2 N–H and O–H groups in total. The van der Waals surface area contributed by atoms with Crippen LogP contribution in [0.25, 0.3) is 5.69 Å². The van der Waals surface area contributed by atoms with Gasteiger partial charge in [0.1, 0.15) is 17.3 Å². The molecule has 3 heterocycles. The summed E-state index contributed by atoms with van der Waals surface area (Å²) in [4.78, 5) is 29.2. The van der Waals surface area contributed by atoms with E-state index in [1.54, 1.807) is 24.5 Å². The lowest BCUT2D eigenvalue weighted by Crippen LogP contribution is -2.42. The molecule has 1 aromatic carbocycles. The number of aromatic amines is 1. The van der Waals surface area contributed by atoms with Crippen LogP contribution in [-0.2, 0) is 13.1 Å². The predicted octanol–water partition coefficient (Wildman–Crippen LogP) is 2.17. The summed E-state index contributed by atoms with van der Waals surface area (Å²) in [6.07, 6.45) is 1.61. The summed E-state index contributed by atoms with van der Waals surface area (Å²) in [5.41, 5.74) is 0.0547. The highest BCUT2D eigenvalue weighted by atomic mass is 35.5. The number of ether oxygens (including phenoxy) is 1. The Balaban J connectivity index is 1.74. The van der Waals surface area contributed by atoms with Crippen molar-refractivity contribution in [1.82, 2.24) is 14.5 Å². The highest BCUT2D eigenvalue weighted by Crippen LogP contribution is 2.28. The van der Waals surface area contributed by atoms with Crippen LogP contribution in [0.2, 0.25) is 5.02 Å². The topological polar surface area (TPSA) is 92.5 Å². The molecule has 0 radical (unpaired) electrons. The van der Waals surface area contributed by atoms with Crippen molar-refractivity contribution in [3.8, 4) is 11.4 Å². The van der Waals surface area contributed by atoms with Crippen molar-refractivity contribution in [2.45, 2.75) is 13.1 Å². The van der Waals surface area contributed by atoms with Gasteiger partial charge in [-0.2, -0.15) is 0 Å². The number of hydrogen-bond acceptors (Lipinski definition) is 6. The van der Waals surface area contributed by atoms with E-state index in [-0.39, 0.29) is 0 Å². The van der Waals surface area contributed by atoms with E-state index in [0.717, 1.165) is 5.76 Å². The molecular weight excluding hydrogens is 372 g/mol. The van der Waals surface area contributed by atoms with Gasteiger partial charge in [0.05, 0.1) is 42.9 Å². The molecule has 0 saturated heterocycles. The summed E-state index contributed by atoms with van der Waals surface area (Å²) in [5, 5.41) is 3.55. The van der Waals surface area contributed by atoms with Crippen LogP contribution in [0.1, 0.15) is 11.3 Å². The SMILES string of the molecule is COc1ccc(-n2c3c(c(=O)[nH]c2=O)CN(Cc2ccco2)CN3)cc1Cl. The summed E-state index contributed by atoms with van der Waals surface area (Å²) in [5.74, 6) is 1.76. The average molecular weight is 389 g/mol. The molecule has 0 spiro atoms. The fourth-order valence-electron chi connectivity index (χ4n) is 3.15. The second-order valence-corrected chi connectivity index (χ2v) is 6.55. The fraction of sp³-hybridized carbons (Fsp3) is 0.222. The second kappa shape index (κ2) is 6.98. The van der Waals surface area contributed by atoms with E-state index in [2.05, 4.69) is 10.3 Å². The Hall–Kier alpha value is -2.97. The van der Waals surface area contributed by atoms with Crippen LogP contribution in [0.15, 0.2) is 50.6 Å². The minimum Gasteiger partial charge on any atom is -0.495 e. The van der Waals surface area contributed by atoms with Gasteiger partial charge < -0.3 is 14.5 Å². The third kappa shape index (κ3) is 3.24. The number of H-pyrrole nitrogens is 1. The monoisotopic (exact) mass is 388 g/mol. The molecule has 9 heteroatoms. The molecule has 0 amide bonds. The van der Waals surface area contributed by atoms with E-state index >= 15 is 0 Å².